The van der Waals surface area contributed by atoms with Crippen molar-refractivity contribution in [2.24, 2.45) is 11.7 Å². The molecule has 1 aliphatic carbocycles. The normalized spacial score (nSPS) is 16.9. The molecule has 3 nitrogen and oxygen atoms in total. The highest BCUT2D eigenvalue weighted by molar-refractivity contribution is 6.31. The molecule has 0 saturated heterocycles. The van der Waals surface area contributed by atoms with Gasteiger partial charge in [0.15, 0.2) is 0 Å². The van der Waals surface area contributed by atoms with Crippen molar-refractivity contribution in [3.63, 3.8) is 0 Å². The molecule has 1 saturated carbocycles. The Morgan fingerprint density at radius 1 is 1.40 bits per heavy atom. The van der Waals surface area contributed by atoms with E-state index in [1.165, 1.54) is 6.07 Å². The summed E-state index contributed by atoms with van der Waals surface area (Å²) in [6, 6.07) is 2.70. The van der Waals surface area contributed by atoms with Crippen LogP contribution in [0.1, 0.15) is 24.8 Å². The lowest BCUT2D eigenvalue weighted by Crippen LogP contribution is -2.28. The van der Waals surface area contributed by atoms with Crippen LogP contribution in [0.25, 0.3) is 0 Å². The van der Waals surface area contributed by atoms with Crippen molar-refractivity contribution in [2.75, 3.05) is 5.32 Å². The fourth-order valence-electron chi connectivity index (χ4n) is 1.94. The van der Waals surface area contributed by atoms with Gasteiger partial charge >= 0.3 is 6.18 Å². The van der Waals surface area contributed by atoms with Gasteiger partial charge in [-0.3, -0.25) is 4.79 Å². The number of amides is 1. The number of anilines is 1. The van der Waals surface area contributed by atoms with Crippen LogP contribution in [0.4, 0.5) is 18.9 Å². The molecule has 0 radical (unpaired) electrons. The monoisotopic (exact) mass is 306 g/mol. The number of carbonyl (C=O) groups is 1. The second-order valence-electron chi connectivity index (χ2n) is 4.98. The zero-order chi connectivity index (χ0) is 14.9. The van der Waals surface area contributed by atoms with Crippen LogP contribution in [0.15, 0.2) is 18.2 Å². The van der Waals surface area contributed by atoms with Crippen LogP contribution >= 0.6 is 11.6 Å². The van der Waals surface area contributed by atoms with E-state index in [4.69, 9.17) is 17.3 Å². The first-order valence-electron chi connectivity index (χ1n) is 6.19. The van der Waals surface area contributed by atoms with Crippen LogP contribution in [0.5, 0.6) is 0 Å². The third-order valence-electron chi connectivity index (χ3n) is 3.16. The zero-order valence-corrected chi connectivity index (χ0v) is 11.3. The van der Waals surface area contributed by atoms with Crippen molar-refractivity contribution in [1.29, 1.82) is 0 Å². The average molecular weight is 307 g/mol. The summed E-state index contributed by atoms with van der Waals surface area (Å²) in [6.07, 6.45) is -2.40. The summed E-state index contributed by atoms with van der Waals surface area (Å²) in [7, 11) is 0. The summed E-state index contributed by atoms with van der Waals surface area (Å²) in [5.41, 5.74) is 4.92. The van der Waals surface area contributed by atoms with Gasteiger partial charge in [0.05, 0.1) is 5.56 Å². The van der Waals surface area contributed by atoms with Gasteiger partial charge in [-0.05, 0) is 37.0 Å². The maximum absolute atomic E-state index is 12.6. The highest BCUT2D eigenvalue weighted by atomic mass is 35.5. The molecule has 0 bridgehead atoms. The Kier molecular flexibility index (Phi) is 4.25. The van der Waals surface area contributed by atoms with Crippen molar-refractivity contribution >= 4 is 23.2 Å². The molecule has 0 aliphatic heterocycles. The van der Waals surface area contributed by atoms with E-state index in [0.29, 0.717) is 5.92 Å². The van der Waals surface area contributed by atoms with Gasteiger partial charge in [0.1, 0.15) is 0 Å². The van der Waals surface area contributed by atoms with Gasteiger partial charge in [-0.25, -0.2) is 0 Å². The molecule has 110 valence electrons. The van der Waals surface area contributed by atoms with Crippen molar-refractivity contribution < 1.29 is 18.0 Å². The van der Waals surface area contributed by atoms with Crippen LogP contribution in [-0.4, -0.2) is 11.9 Å². The third-order valence-corrected chi connectivity index (χ3v) is 3.38. The highest BCUT2D eigenvalue weighted by Crippen LogP contribution is 2.34. The molecule has 1 fully saturated rings. The van der Waals surface area contributed by atoms with Gasteiger partial charge in [0.2, 0.25) is 5.91 Å². The Labute approximate surface area is 119 Å². The number of nitrogens with two attached hydrogens (primary N) is 1. The van der Waals surface area contributed by atoms with Crippen molar-refractivity contribution in [1.82, 2.24) is 0 Å². The van der Waals surface area contributed by atoms with E-state index >= 15 is 0 Å². The van der Waals surface area contributed by atoms with Crippen LogP contribution in [0, 0.1) is 5.92 Å². The van der Waals surface area contributed by atoms with Gasteiger partial charge in [-0.1, -0.05) is 11.6 Å². The highest BCUT2D eigenvalue weighted by Gasteiger charge is 2.32. The molecule has 1 aromatic carbocycles. The average Bonchev–Trinajstić information content (AvgIpc) is 3.09. The molecule has 0 aromatic heterocycles. The van der Waals surface area contributed by atoms with Crippen LogP contribution in [0.3, 0.4) is 0 Å². The first kappa shape index (κ1) is 15.1. The van der Waals surface area contributed by atoms with E-state index in [0.717, 1.165) is 25.0 Å². The van der Waals surface area contributed by atoms with Crippen molar-refractivity contribution in [3.8, 4) is 0 Å². The van der Waals surface area contributed by atoms with Crippen LogP contribution < -0.4 is 11.1 Å². The molecule has 7 heteroatoms. The number of alkyl halides is 3. The molecule has 1 atom stereocenters. The molecular formula is C13H14ClF3N2O. The van der Waals surface area contributed by atoms with E-state index in [1.54, 1.807) is 0 Å². The van der Waals surface area contributed by atoms with Gasteiger partial charge in [-0.2, -0.15) is 13.2 Å². The predicted octanol–water partition coefficient (Wildman–Crippen LogP) is 3.42. The quantitative estimate of drug-likeness (QED) is 0.895. The van der Waals surface area contributed by atoms with Crippen molar-refractivity contribution in [3.05, 3.63) is 28.8 Å². The lowest BCUT2D eigenvalue weighted by Gasteiger charge is -2.13. The number of hydrogen-bond acceptors (Lipinski definition) is 2. The summed E-state index contributed by atoms with van der Waals surface area (Å²) < 4.78 is 37.9. The topological polar surface area (TPSA) is 55.1 Å². The zero-order valence-electron chi connectivity index (χ0n) is 10.5. The minimum Gasteiger partial charge on any atom is -0.327 e. The lowest BCUT2D eigenvalue weighted by atomic mass is 10.1. The Morgan fingerprint density at radius 3 is 2.60 bits per heavy atom. The molecule has 20 heavy (non-hydrogen) atoms. The Morgan fingerprint density at radius 2 is 2.05 bits per heavy atom. The summed E-state index contributed by atoms with van der Waals surface area (Å²) in [6.45, 7) is 0. The van der Waals surface area contributed by atoms with E-state index < -0.39 is 17.6 Å². The Balaban J connectivity index is 2.04. The molecule has 1 amide bonds. The maximum atomic E-state index is 12.6. The van der Waals surface area contributed by atoms with Gasteiger partial charge in [0.25, 0.3) is 0 Å². The maximum Gasteiger partial charge on any atom is 0.416 e. The van der Waals surface area contributed by atoms with E-state index in [2.05, 4.69) is 5.32 Å². The summed E-state index contributed by atoms with van der Waals surface area (Å²) in [5.74, 6) is -0.0503. The smallest absolute Gasteiger partial charge is 0.327 e. The number of hydrogen-bond donors (Lipinski definition) is 2. The van der Waals surface area contributed by atoms with Gasteiger partial charge in [0, 0.05) is 23.2 Å². The summed E-state index contributed by atoms with van der Waals surface area (Å²) >= 11 is 5.63. The Bertz CT molecular complexity index is 515. The fourth-order valence-corrected chi connectivity index (χ4v) is 2.18. The molecule has 0 heterocycles. The molecule has 1 aliphatic rings. The standard InChI is InChI=1S/C13H14ClF3N2O/c14-9-3-8(13(15,16)17)4-10(5-9)19-12(20)6-11(18)7-1-2-7/h3-5,7,11H,1-2,6,18H2,(H,19,20). The third kappa shape index (κ3) is 4.11. The minimum atomic E-state index is -4.51. The molecule has 1 aromatic rings. The van der Waals surface area contributed by atoms with E-state index in [9.17, 15) is 18.0 Å². The largest absolute Gasteiger partial charge is 0.416 e. The number of halogens is 4. The van der Waals surface area contributed by atoms with Gasteiger partial charge in [-0.15, -0.1) is 0 Å². The molecule has 0 spiro atoms. The molecule has 2 rings (SSSR count). The molecular weight excluding hydrogens is 293 g/mol. The first-order valence-corrected chi connectivity index (χ1v) is 6.57. The number of rotatable bonds is 4. The molecule has 1 unspecified atom stereocenters. The second kappa shape index (κ2) is 5.61. The van der Waals surface area contributed by atoms with E-state index in [-0.39, 0.29) is 23.2 Å². The number of carbonyl (C=O) groups excluding carboxylic acids is 1. The SMILES string of the molecule is NC(CC(=O)Nc1cc(Cl)cc(C(F)(F)F)c1)C1CC1. The second-order valence-corrected chi connectivity index (χ2v) is 5.42. The minimum absolute atomic E-state index is 0.0258. The number of nitrogens with one attached hydrogen (secondary N) is 1. The van der Waals surface area contributed by atoms with E-state index in [1.807, 2.05) is 0 Å². The predicted molar refractivity (Wildman–Crippen MR) is 70.4 cm³/mol. The summed E-state index contributed by atoms with van der Waals surface area (Å²) in [5, 5.41) is 2.32. The first-order chi connectivity index (χ1) is 9.25. The van der Waals surface area contributed by atoms with Crippen molar-refractivity contribution in [2.45, 2.75) is 31.5 Å². The summed E-state index contributed by atoms with van der Waals surface area (Å²) in [4.78, 5) is 11.7. The fraction of sp³-hybridized carbons (Fsp3) is 0.462. The lowest BCUT2D eigenvalue weighted by molar-refractivity contribution is -0.137. The number of benzene rings is 1. The van der Waals surface area contributed by atoms with Crippen LogP contribution in [0.2, 0.25) is 5.02 Å². The van der Waals surface area contributed by atoms with Gasteiger partial charge < -0.3 is 11.1 Å². The van der Waals surface area contributed by atoms with Crippen LogP contribution in [-0.2, 0) is 11.0 Å². The Hall–Kier alpha value is -1.27. The molecule has 3 N–H and O–H groups in total.